The van der Waals surface area contributed by atoms with Crippen molar-refractivity contribution in [1.29, 1.82) is 0 Å². The normalized spacial score (nSPS) is 21.4. The molecule has 1 fully saturated rings. The fraction of sp³-hybridized carbons (Fsp3) is 0.400. The number of rotatable bonds is 7. The van der Waals surface area contributed by atoms with Crippen LogP contribution in [-0.4, -0.2) is 51.7 Å². The molecule has 3 rings (SSSR count). The van der Waals surface area contributed by atoms with Crippen LogP contribution in [0.25, 0.3) is 0 Å². The molecule has 0 saturated carbocycles. The fourth-order valence-corrected chi connectivity index (χ4v) is 3.22. The molecule has 3 N–H and O–H groups in total. The molecule has 9 heteroatoms. The second-order valence-electron chi connectivity index (χ2n) is 6.80. The standard InChI is InChI=1S/C20H23FN4O4/c21-15-4-2-1-3-13(15)10-24-19(27)9-14-5-6-16(18(12-26)29-14)25-20(28)17-11-22-7-8-23-17/h1-4,7-8,11,14,16,18,26H,5-6,9-10,12H2,(H,24,27)(H,25,28)/t14-,16+,18-/m1/s1. The number of nitrogens with one attached hydrogen (secondary N) is 2. The number of aromatic nitrogens is 2. The number of amides is 2. The summed E-state index contributed by atoms with van der Waals surface area (Å²) in [6.45, 7) is -0.197. The van der Waals surface area contributed by atoms with Gasteiger partial charge in [-0.2, -0.15) is 0 Å². The molecule has 0 spiro atoms. The molecule has 1 aliphatic rings. The molecule has 0 bridgehead atoms. The Morgan fingerprint density at radius 1 is 1.24 bits per heavy atom. The number of ether oxygens (including phenoxy) is 1. The van der Waals surface area contributed by atoms with Crippen molar-refractivity contribution in [1.82, 2.24) is 20.6 Å². The van der Waals surface area contributed by atoms with E-state index in [1.807, 2.05) is 0 Å². The van der Waals surface area contributed by atoms with Crippen LogP contribution in [0.3, 0.4) is 0 Å². The Balaban J connectivity index is 1.48. The lowest BCUT2D eigenvalue weighted by Gasteiger charge is -2.35. The Hall–Kier alpha value is -2.91. The van der Waals surface area contributed by atoms with E-state index in [-0.39, 0.29) is 37.0 Å². The van der Waals surface area contributed by atoms with Crippen LogP contribution in [-0.2, 0) is 16.1 Å². The molecular formula is C20H23FN4O4. The number of halogens is 1. The smallest absolute Gasteiger partial charge is 0.271 e. The van der Waals surface area contributed by atoms with Crippen molar-refractivity contribution in [2.75, 3.05) is 6.61 Å². The molecule has 8 nitrogen and oxygen atoms in total. The van der Waals surface area contributed by atoms with Gasteiger partial charge < -0.3 is 20.5 Å². The number of hydrogen-bond acceptors (Lipinski definition) is 6. The zero-order chi connectivity index (χ0) is 20.6. The Morgan fingerprint density at radius 2 is 2.07 bits per heavy atom. The van der Waals surface area contributed by atoms with Crippen LogP contribution in [0.15, 0.2) is 42.9 Å². The average Bonchev–Trinajstić information content (AvgIpc) is 2.74. The first-order valence-electron chi connectivity index (χ1n) is 9.40. The van der Waals surface area contributed by atoms with Gasteiger partial charge in [-0.15, -0.1) is 0 Å². The minimum absolute atomic E-state index is 0.0930. The van der Waals surface area contributed by atoms with Crippen molar-refractivity contribution in [2.45, 2.75) is 44.1 Å². The van der Waals surface area contributed by atoms with Gasteiger partial charge in [0.05, 0.1) is 31.4 Å². The van der Waals surface area contributed by atoms with Crippen molar-refractivity contribution in [3.63, 3.8) is 0 Å². The summed E-state index contributed by atoms with van der Waals surface area (Å²) >= 11 is 0. The second-order valence-corrected chi connectivity index (χ2v) is 6.80. The topological polar surface area (TPSA) is 113 Å². The van der Waals surface area contributed by atoms with Gasteiger partial charge in [0.15, 0.2) is 0 Å². The van der Waals surface area contributed by atoms with Gasteiger partial charge in [-0.1, -0.05) is 18.2 Å². The third-order valence-electron chi connectivity index (χ3n) is 4.75. The highest BCUT2D eigenvalue weighted by molar-refractivity contribution is 5.92. The lowest BCUT2D eigenvalue weighted by molar-refractivity contribution is -0.131. The second kappa shape index (κ2) is 10.0. The van der Waals surface area contributed by atoms with E-state index in [2.05, 4.69) is 20.6 Å². The zero-order valence-electron chi connectivity index (χ0n) is 15.8. The Kier molecular flexibility index (Phi) is 7.20. The maximum absolute atomic E-state index is 13.6. The number of nitrogens with zero attached hydrogens (tertiary/aromatic N) is 2. The maximum atomic E-state index is 13.6. The molecule has 0 radical (unpaired) electrons. The van der Waals surface area contributed by atoms with Crippen molar-refractivity contribution < 1.29 is 23.8 Å². The Bertz CT molecular complexity index is 836. The third-order valence-corrected chi connectivity index (χ3v) is 4.75. The van der Waals surface area contributed by atoms with Crippen molar-refractivity contribution >= 4 is 11.8 Å². The lowest BCUT2D eigenvalue weighted by Crippen LogP contribution is -2.51. The molecule has 2 aromatic rings. The number of hydrogen-bond donors (Lipinski definition) is 3. The van der Waals surface area contributed by atoms with Gasteiger partial charge in [0, 0.05) is 24.5 Å². The number of aliphatic hydroxyl groups is 1. The number of carbonyl (C=O) groups excluding carboxylic acids is 2. The largest absolute Gasteiger partial charge is 0.394 e. The van der Waals surface area contributed by atoms with Crippen LogP contribution in [0.4, 0.5) is 4.39 Å². The van der Waals surface area contributed by atoms with E-state index in [1.54, 1.807) is 18.2 Å². The Labute approximate surface area is 167 Å². The van der Waals surface area contributed by atoms with E-state index in [4.69, 9.17) is 4.74 Å². The summed E-state index contributed by atoms with van der Waals surface area (Å²) in [5.41, 5.74) is 0.587. The summed E-state index contributed by atoms with van der Waals surface area (Å²) in [5, 5.41) is 15.1. The quantitative estimate of drug-likeness (QED) is 0.636. The minimum atomic E-state index is -0.631. The minimum Gasteiger partial charge on any atom is -0.394 e. The van der Waals surface area contributed by atoms with Crippen LogP contribution >= 0.6 is 0 Å². The van der Waals surface area contributed by atoms with E-state index < -0.39 is 24.2 Å². The van der Waals surface area contributed by atoms with Gasteiger partial charge in [0.1, 0.15) is 17.6 Å². The highest BCUT2D eigenvalue weighted by Gasteiger charge is 2.33. The van der Waals surface area contributed by atoms with Gasteiger partial charge in [-0.25, -0.2) is 9.37 Å². The van der Waals surface area contributed by atoms with Gasteiger partial charge in [-0.3, -0.25) is 14.6 Å². The molecule has 1 aromatic carbocycles. The summed E-state index contributed by atoms with van der Waals surface area (Å²) in [4.78, 5) is 32.2. The Morgan fingerprint density at radius 3 is 2.79 bits per heavy atom. The monoisotopic (exact) mass is 402 g/mol. The SMILES string of the molecule is O=C(C[C@H]1CC[C@H](NC(=O)c2cnccn2)[C@@H](CO)O1)NCc1ccccc1F. The maximum Gasteiger partial charge on any atom is 0.271 e. The van der Waals surface area contributed by atoms with Crippen molar-refractivity contribution in [2.24, 2.45) is 0 Å². The molecule has 1 aromatic heterocycles. The predicted octanol–water partition coefficient (Wildman–Crippen LogP) is 0.961. The fourth-order valence-electron chi connectivity index (χ4n) is 3.22. The molecule has 0 aliphatic carbocycles. The van der Waals surface area contributed by atoms with E-state index in [0.717, 1.165) is 0 Å². The summed E-state index contributed by atoms with van der Waals surface area (Å²) in [5.74, 6) is -1.04. The molecule has 2 amide bonds. The van der Waals surface area contributed by atoms with Crippen LogP contribution in [0.2, 0.25) is 0 Å². The molecular weight excluding hydrogens is 379 g/mol. The van der Waals surface area contributed by atoms with Crippen LogP contribution in [0.1, 0.15) is 35.3 Å². The first kappa shape index (κ1) is 20.8. The molecule has 0 unspecified atom stereocenters. The van der Waals surface area contributed by atoms with E-state index >= 15 is 0 Å². The van der Waals surface area contributed by atoms with Gasteiger partial charge >= 0.3 is 0 Å². The molecule has 3 atom stereocenters. The van der Waals surface area contributed by atoms with Crippen molar-refractivity contribution in [3.05, 3.63) is 59.9 Å². The molecule has 1 aliphatic heterocycles. The predicted molar refractivity (Wildman–Crippen MR) is 101 cm³/mol. The average molecular weight is 402 g/mol. The van der Waals surface area contributed by atoms with Gasteiger partial charge in [-0.05, 0) is 18.9 Å². The van der Waals surface area contributed by atoms with E-state index in [0.29, 0.717) is 18.4 Å². The summed E-state index contributed by atoms with van der Waals surface area (Å²) in [7, 11) is 0. The molecule has 154 valence electrons. The van der Waals surface area contributed by atoms with Crippen LogP contribution < -0.4 is 10.6 Å². The highest BCUT2D eigenvalue weighted by Crippen LogP contribution is 2.22. The third kappa shape index (κ3) is 5.78. The zero-order valence-corrected chi connectivity index (χ0v) is 15.8. The number of carbonyl (C=O) groups is 2. The molecule has 2 heterocycles. The summed E-state index contributed by atoms with van der Waals surface area (Å²) in [6, 6.07) is 5.85. The van der Waals surface area contributed by atoms with Crippen molar-refractivity contribution in [3.8, 4) is 0 Å². The molecule has 1 saturated heterocycles. The van der Waals surface area contributed by atoms with Crippen LogP contribution in [0.5, 0.6) is 0 Å². The number of benzene rings is 1. The summed E-state index contributed by atoms with van der Waals surface area (Å²) < 4.78 is 19.4. The van der Waals surface area contributed by atoms with E-state index in [9.17, 15) is 19.1 Å². The number of aliphatic hydroxyl groups excluding tert-OH is 1. The first-order chi connectivity index (χ1) is 14.1. The first-order valence-corrected chi connectivity index (χ1v) is 9.40. The highest BCUT2D eigenvalue weighted by atomic mass is 19.1. The molecule has 29 heavy (non-hydrogen) atoms. The summed E-state index contributed by atoms with van der Waals surface area (Å²) in [6.07, 6.45) is 4.40. The van der Waals surface area contributed by atoms with Gasteiger partial charge in [0.25, 0.3) is 5.91 Å². The lowest BCUT2D eigenvalue weighted by atomic mass is 9.96. The van der Waals surface area contributed by atoms with Gasteiger partial charge in [0.2, 0.25) is 5.91 Å². The van der Waals surface area contributed by atoms with E-state index in [1.165, 1.54) is 24.7 Å². The van der Waals surface area contributed by atoms with Crippen LogP contribution in [0, 0.1) is 5.82 Å².